The molecule has 0 heterocycles. The smallest absolute Gasteiger partial charge is 0.0553 e. The second kappa shape index (κ2) is 7.21. The Hall–Kier alpha value is -1.16. The molecular formula is C18H21BrO2. The van der Waals surface area contributed by atoms with Crippen molar-refractivity contribution < 1.29 is 10.2 Å². The molecule has 112 valence electrons. The topological polar surface area (TPSA) is 40.5 Å². The summed E-state index contributed by atoms with van der Waals surface area (Å²) < 4.78 is 0.951. The molecule has 0 aliphatic heterocycles. The van der Waals surface area contributed by atoms with E-state index in [0.29, 0.717) is 6.42 Å². The first kappa shape index (κ1) is 16.2. The molecule has 3 heteroatoms. The van der Waals surface area contributed by atoms with Crippen LogP contribution in [0.15, 0.2) is 53.0 Å². The number of halogens is 1. The Labute approximate surface area is 134 Å². The quantitative estimate of drug-likeness (QED) is 0.838. The maximum Gasteiger partial charge on any atom is 0.0553 e. The van der Waals surface area contributed by atoms with Crippen molar-refractivity contribution in [2.24, 2.45) is 0 Å². The molecule has 0 atom stereocenters. The van der Waals surface area contributed by atoms with Crippen LogP contribution < -0.4 is 0 Å². The average molecular weight is 349 g/mol. The van der Waals surface area contributed by atoms with E-state index in [9.17, 15) is 10.2 Å². The Morgan fingerprint density at radius 3 is 2.10 bits per heavy atom. The fourth-order valence-electron chi connectivity index (χ4n) is 2.55. The van der Waals surface area contributed by atoms with Crippen LogP contribution in [0.4, 0.5) is 0 Å². The van der Waals surface area contributed by atoms with E-state index in [1.165, 1.54) is 5.56 Å². The fourth-order valence-corrected chi connectivity index (χ4v) is 2.95. The molecule has 0 saturated heterocycles. The van der Waals surface area contributed by atoms with E-state index in [-0.39, 0.29) is 13.2 Å². The van der Waals surface area contributed by atoms with Gasteiger partial charge in [-0.2, -0.15) is 0 Å². The summed E-state index contributed by atoms with van der Waals surface area (Å²) in [5.41, 5.74) is 2.70. The second-order valence-corrected chi connectivity index (χ2v) is 6.37. The van der Waals surface area contributed by atoms with Crippen molar-refractivity contribution in [1.29, 1.82) is 0 Å². The number of hydrogen-bond donors (Lipinski definition) is 2. The van der Waals surface area contributed by atoms with Gasteiger partial charge >= 0.3 is 0 Å². The zero-order chi connectivity index (χ0) is 15.3. The summed E-state index contributed by atoms with van der Waals surface area (Å²) in [4.78, 5) is 0. The minimum absolute atomic E-state index is 0.0878. The molecule has 0 bridgehead atoms. The van der Waals surface area contributed by atoms with Gasteiger partial charge in [0.15, 0.2) is 0 Å². The van der Waals surface area contributed by atoms with Crippen LogP contribution in [0.1, 0.15) is 23.6 Å². The number of rotatable bonds is 6. The minimum Gasteiger partial charge on any atom is -0.395 e. The minimum atomic E-state index is -0.655. The number of hydrogen-bond acceptors (Lipinski definition) is 2. The fraction of sp³-hybridized carbons (Fsp3) is 0.333. The number of benzene rings is 2. The highest BCUT2D eigenvalue weighted by Crippen LogP contribution is 2.30. The van der Waals surface area contributed by atoms with Crippen LogP contribution in [-0.2, 0) is 18.3 Å². The summed E-state index contributed by atoms with van der Waals surface area (Å²) in [5.74, 6) is 0. The molecule has 2 aromatic rings. The highest BCUT2D eigenvalue weighted by Gasteiger charge is 2.31. The molecule has 0 aliphatic rings. The van der Waals surface area contributed by atoms with Gasteiger partial charge in [-0.15, -0.1) is 0 Å². The average Bonchev–Trinajstić information content (AvgIpc) is 2.53. The van der Waals surface area contributed by atoms with Crippen molar-refractivity contribution in [3.05, 3.63) is 69.7 Å². The Morgan fingerprint density at radius 2 is 1.57 bits per heavy atom. The zero-order valence-corrected chi connectivity index (χ0v) is 13.8. The van der Waals surface area contributed by atoms with E-state index in [4.69, 9.17) is 0 Å². The van der Waals surface area contributed by atoms with Crippen LogP contribution in [0.5, 0.6) is 0 Å². The first-order valence-electron chi connectivity index (χ1n) is 7.19. The monoisotopic (exact) mass is 348 g/mol. The van der Waals surface area contributed by atoms with Crippen LogP contribution in [0.2, 0.25) is 0 Å². The third-order valence-corrected chi connectivity index (χ3v) is 4.51. The van der Waals surface area contributed by atoms with E-state index in [2.05, 4.69) is 47.1 Å². The predicted octanol–water partition coefficient (Wildman–Crippen LogP) is 3.48. The second-order valence-electron chi connectivity index (χ2n) is 5.45. The van der Waals surface area contributed by atoms with Crippen molar-refractivity contribution in [3.8, 4) is 0 Å². The lowest BCUT2D eigenvalue weighted by atomic mass is 9.77. The van der Waals surface area contributed by atoms with Crippen LogP contribution >= 0.6 is 15.9 Å². The van der Waals surface area contributed by atoms with Crippen molar-refractivity contribution in [1.82, 2.24) is 0 Å². The molecule has 2 nitrogen and oxygen atoms in total. The van der Waals surface area contributed by atoms with Gasteiger partial charge < -0.3 is 10.2 Å². The predicted molar refractivity (Wildman–Crippen MR) is 89.5 cm³/mol. The van der Waals surface area contributed by atoms with Gasteiger partial charge in [-0.05, 0) is 41.7 Å². The van der Waals surface area contributed by atoms with E-state index < -0.39 is 5.41 Å². The molecule has 0 aromatic heterocycles. The largest absolute Gasteiger partial charge is 0.395 e. The normalized spacial score (nSPS) is 11.6. The van der Waals surface area contributed by atoms with E-state index in [1.807, 2.05) is 24.3 Å². The van der Waals surface area contributed by atoms with Gasteiger partial charge in [0.1, 0.15) is 0 Å². The Morgan fingerprint density at radius 1 is 0.952 bits per heavy atom. The molecule has 0 spiro atoms. The first-order valence-corrected chi connectivity index (χ1v) is 7.98. The lowest BCUT2D eigenvalue weighted by molar-refractivity contribution is 0.116. The van der Waals surface area contributed by atoms with Crippen LogP contribution in [0.3, 0.4) is 0 Å². The van der Waals surface area contributed by atoms with Crippen molar-refractivity contribution in [3.63, 3.8) is 0 Å². The number of aliphatic hydroxyl groups excluding tert-OH is 2. The van der Waals surface area contributed by atoms with Gasteiger partial charge in [0.25, 0.3) is 0 Å². The highest BCUT2D eigenvalue weighted by molar-refractivity contribution is 9.10. The van der Waals surface area contributed by atoms with Crippen LogP contribution in [0, 0.1) is 0 Å². The number of aryl methyl sites for hydroxylation is 1. The first-order chi connectivity index (χ1) is 10.1. The SMILES string of the molecule is CCc1ccc(CC(CO)(CO)c2cccc(Br)c2)cc1. The summed E-state index contributed by atoms with van der Waals surface area (Å²) >= 11 is 3.45. The van der Waals surface area contributed by atoms with E-state index >= 15 is 0 Å². The van der Waals surface area contributed by atoms with Crippen LogP contribution in [-0.4, -0.2) is 23.4 Å². The molecule has 21 heavy (non-hydrogen) atoms. The van der Waals surface area contributed by atoms with Gasteiger partial charge in [-0.25, -0.2) is 0 Å². The maximum absolute atomic E-state index is 9.91. The van der Waals surface area contributed by atoms with Crippen molar-refractivity contribution in [2.45, 2.75) is 25.2 Å². The van der Waals surface area contributed by atoms with Crippen LogP contribution in [0.25, 0.3) is 0 Å². The summed E-state index contributed by atoms with van der Waals surface area (Å²) in [5, 5.41) is 19.8. The summed E-state index contributed by atoms with van der Waals surface area (Å²) in [7, 11) is 0. The summed E-state index contributed by atoms with van der Waals surface area (Å²) in [6, 6.07) is 16.2. The van der Waals surface area contributed by atoms with E-state index in [1.54, 1.807) is 0 Å². The lowest BCUT2D eigenvalue weighted by Gasteiger charge is -2.31. The molecule has 0 amide bonds. The molecule has 2 rings (SSSR count). The summed E-state index contributed by atoms with van der Waals surface area (Å²) in [6.45, 7) is 1.95. The van der Waals surface area contributed by atoms with Gasteiger partial charge in [0.05, 0.1) is 13.2 Å². The molecule has 0 aliphatic carbocycles. The van der Waals surface area contributed by atoms with E-state index in [0.717, 1.165) is 22.0 Å². The van der Waals surface area contributed by atoms with Gasteiger partial charge in [-0.3, -0.25) is 0 Å². The molecule has 2 aromatic carbocycles. The molecule has 0 saturated carbocycles. The molecular weight excluding hydrogens is 328 g/mol. The Bertz CT molecular complexity index is 574. The maximum atomic E-state index is 9.91. The van der Waals surface area contributed by atoms with Gasteiger partial charge in [0, 0.05) is 9.89 Å². The Balaban J connectivity index is 2.33. The van der Waals surface area contributed by atoms with Crippen molar-refractivity contribution >= 4 is 15.9 Å². The Kier molecular flexibility index (Phi) is 5.57. The molecule has 0 radical (unpaired) electrons. The van der Waals surface area contributed by atoms with Crippen molar-refractivity contribution in [2.75, 3.05) is 13.2 Å². The molecule has 0 fully saturated rings. The highest BCUT2D eigenvalue weighted by atomic mass is 79.9. The third kappa shape index (κ3) is 3.73. The zero-order valence-electron chi connectivity index (χ0n) is 12.2. The van der Waals surface area contributed by atoms with Gasteiger partial charge in [0.2, 0.25) is 0 Å². The number of aliphatic hydroxyl groups is 2. The third-order valence-electron chi connectivity index (χ3n) is 4.02. The van der Waals surface area contributed by atoms with Gasteiger partial charge in [-0.1, -0.05) is 59.3 Å². The molecule has 2 N–H and O–H groups in total. The lowest BCUT2D eigenvalue weighted by Crippen LogP contribution is -2.37. The molecule has 0 unspecified atom stereocenters. The standard InChI is InChI=1S/C18H21BrO2/c1-2-14-6-8-15(9-7-14)11-18(12-20,13-21)16-4-3-5-17(19)10-16/h3-10,20-21H,2,11-13H2,1H3. The summed E-state index contributed by atoms with van der Waals surface area (Å²) in [6.07, 6.45) is 1.62.